The Balaban J connectivity index is 0.997. The topological polar surface area (TPSA) is 43.6 Å². The molecule has 0 atom stereocenters. The molecular weight excluding hydrogens is 733 g/mol. The van der Waals surface area contributed by atoms with Gasteiger partial charge in [0, 0.05) is 84.6 Å². The van der Waals surface area contributed by atoms with Gasteiger partial charge in [-0.25, -0.2) is 15.0 Å². The van der Waals surface area contributed by atoms with E-state index >= 15 is 0 Å². The summed E-state index contributed by atoms with van der Waals surface area (Å²) in [6.07, 6.45) is 0. The van der Waals surface area contributed by atoms with Crippen LogP contribution in [0.25, 0.3) is 113 Å². The van der Waals surface area contributed by atoms with Crippen molar-refractivity contribution in [1.29, 1.82) is 0 Å². The van der Waals surface area contributed by atoms with Gasteiger partial charge in [0.25, 0.3) is 0 Å². The minimum absolute atomic E-state index is 0.662. The van der Waals surface area contributed by atoms with E-state index in [1.54, 1.807) is 0 Å². The highest BCUT2D eigenvalue weighted by atomic mass is 32.1. The number of nitrogens with zero attached hydrogens (tertiary/aromatic N) is 4. The van der Waals surface area contributed by atoms with E-state index in [9.17, 15) is 0 Å². The van der Waals surface area contributed by atoms with Crippen LogP contribution in [-0.4, -0.2) is 19.5 Å². The van der Waals surface area contributed by atoms with Crippen molar-refractivity contribution in [2.75, 3.05) is 0 Å². The predicted octanol–water partition coefficient (Wildman–Crippen LogP) is 14.4. The zero-order valence-corrected chi connectivity index (χ0v) is 32.1. The number of benzene rings is 8. The van der Waals surface area contributed by atoms with Gasteiger partial charge in [-0.2, -0.15) is 0 Å². The lowest BCUT2D eigenvalue weighted by atomic mass is 10.00. The van der Waals surface area contributed by atoms with Crippen molar-refractivity contribution in [3.63, 3.8) is 0 Å². The van der Waals surface area contributed by atoms with E-state index in [0.717, 1.165) is 16.7 Å². The van der Waals surface area contributed by atoms with Gasteiger partial charge in [0.1, 0.15) is 0 Å². The fraction of sp³-hybridized carbons (Fsp3) is 0. The average molecular weight is 763 g/mol. The van der Waals surface area contributed by atoms with Crippen LogP contribution in [0.1, 0.15) is 0 Å². The maximum Gasteiger partial charge on any atom is 0.164 e. The van der Waals surface area contributed by atoms with Crippen molar-refractivity contribution in [2.24, 2.45) is 0 Å². The first-order chi connectivity index (χ1) is 28.2. The molecule has 0 aliphatic carbocycles. The molecule has 8 aromatic carbocycles. The molecule has 6 heteroatoms. The summed E-state index contributed by atoms with van der Waals surface area (Å²) in [4.78, 5) is 15.0. The van der Waals surface area contributed by atoms with Crippen LogP contribution in [0.4, 0.5) is 0 Å². The Kier molecular flexibility index (Phi) is 7.24. The second kappa shape index (κ2) is 12.8. The predicted molar refractivity (Wildman–Crippen MR) is 242 cm³/mol. The van der Waals surface area contributed by atoms with Crippen LogP contribution >= 0.6 is 22.7 Å². The minimum Gasteiger partial charge on any atom is -0.309 e. The number of rotatable bonds is 5. The highest BCUT2D eigenvalue weighted by Gasteiger charge is 2.19. The van der Waals surface area contributed by atoms with Crippen LogP contribution < -0.4 is 0 Å². The summed E-state index contributed by atoms with van der Waals surface area (Å²) in [5.74, 6) is 1.99. The highest BCUT2D eigenvalue weighted by molar-refractivity contribution is 7.27. The van der Waals surface area contributed by atoms with Crippen molar-refractivity contribution in [2.45, 2.75) is 0 Å². The Morgan fingerprint density at radius 1 is 0.333 bits per heavy atom. The first kappa shape index (κ1) is 32.3. The second-order valence-corrected chi connectivity index (χ2v) is 16.5. The van der Waals surface area contributed by atoms with Gasteiger partial charge in [-0.1, -0.05) is 140 Å². The minimum atomic E-state index is 0.662. The quantitative estimate of drug-likeness (QED) is 0.175. The summed E-state index contributed by atoms with van der Waals surface area (Å²) in [6.45, 7) is 0. The maximum atomic E-state index is 5.02. The Morgan fingerprint density at radius 3 is 1.46 bits per heavy atom. The third-order valence-corrected chi connectivity index (χ3v) is 13.5. The maximum absolute atomic E-state index is 5.02. The smallest absolute Gasteiger partial charge is 0.164 e. The molecule has 266 valence electrons. The van der Waals surface area contributed by atoms with Gasteiger partial charge < -0.3 is 4.57 Å². The third-order valence-electron chi connectivity index (χ3n) is 11.1. The van der Waals surface area contributed by atoms with E-state index in [0.29, 0.717) is 17.5 Å². The zero-order valence-electron chi connectivity index (χ0n) is 30.4. The van der Waals surface area contributed by atoms with Crippen LogP contribution in [0.15, 0.2) is 182 Å². The lowest BCUT2D eigenvalue weighted by Gasteiger charge is -2.08. The third kappa shape index (κ3) is 5.15. The van der Waals surface area contributed by atoms with E-state index in [4.69, 9.17) is 15.0 Å². The summed E-state index contributed by atoms with van der Waals surface area (Å²) in [5.41, 5.74) is 9.04. The standard InChI is InChI=1S/C51H30N4S2/c1-3-13-31(14-4-1)49-52-50(32-15-5-2-6-16-32)54-51(53-49)33-25-28-45-42(29-33)41-22-12-21-40(48(41)56-45)39-20-11-19-38-37-27-26-34(30-46(37)57-47(38)39)55-43-23-9-7-17-35(43)36-18-8-10-24-44(36)55/h1-30H. The lowest BCUT2D eigenvalue weighted by Crippen LogP contribution is -2.00. The number of fused-ring (bicyclic) bond motifs is 9. The normalized spacial score (nSPS) is 11.9. The van der Waals surface area contributed by atoms with E-state index in [2.05, 4.69) is 126 Å². The van der Waals surface area contributed by atoms with Gasteiger partial charge in [0.05, 0.1) is 11.0 Å². The molecule has 12 aromatic rings. The van der Waals surface area contributed by atoms with E-state index in [-0.39, 0.29) is 0 Å². The van der Waals surface area contributed by atoms with Crippen LogP contribution in [0.5, 0.6) is 0 Å². The summed E-state index contributed by atoms with van der Waals surface area (Å²) in [6, 6.07) is 64.8. The molecule has 0 aliphatic rings. The number of hydrogen-bond acceptors (Lipinski definition) is 5. The van der Waals surface area contributed by atoms with Crippen molar-refractivity contribution in [1.82, 2.24) is 19.5 Å². The molecule has 0 unspecified atom stereocenters. The number of thiophene rings is 2. The molecule has 0 amide bonds. The van der Waals surface area contributed by atoms with Gasteiger partial charge in [0.2, 0.25) is 0 Å². The molecule has 4 nitrogen and oxygen atoms in total. The van der Waals surface area contributed by atoms with E-state index in [1.807, 2.05) is 83.3 Å². The summed E-state index contributed by atoms with van der Waals surface area (Å²) in [5, 5.41) is 7.57. The lowest BCUT2D eigenvalue weighted by molar-refractivity contribution is 1.07. The van der Waals surface area contributed by atoms with Crippen molar-refractivity contribution in [3.8, 4) is 51.0 Å². The fourth-order valence-corrected chi connectivity index (χ4v) is 10.9. The number of hydrogen-bond donors (Lipinski definition) is 0. The summed E-state index contributed by atoms with van der Waals surface area (Å²) in [7, 11) is 0. The zero-order chi connectivity index (χ0) is 37.5. The summed E-state index contributed by atoms with van der Waals surface area (Å²) >= 11 is 3.74. The molecule has 0 spiro atoms. The molecule has 0 N–H and O–H groups in total. The number of para-hydroxylation sites is 2. The molecule has 4 heterocycles. The number of aromatic nitrogens is 4. The fourth-order valence-electron chi connectivity index (χ4n) is 8.43. The molecule has 0 saturated carbocycles. The van der Waals surface area contributed by atoms with Gasteiger partial charge in [0.15, 0.2) is 17.5 Å². The molecule has 0 saturated heterocycles. The Labute approximate surface area is 335 Å². The Hall–Kier alpha value is -6.99. The van der Waals surface area contributed by atoms with Crippen molar-refractivity contribution < 1.29 is 0 Å². The van der Waals surface area contributed by atoms with E-state index < -0.39 is 0 Å². The van der Waals surface area contributed by atoms with Crippen LogP contribution in [0, 0.1) is 0 Å². The molecule has 0 fully saturated rings. The van der Waals surface area contributed by atoms with Gasteiger partial charge in [-0.3, -0.25) is 0 Å². The molecule has 0 bridgehead atoms. The highest BCUT2D eigenvalue weighted by Crippen LogP contribution is 2.46. The molecule has 0 radical (unpaired) electrons. The van der Waals surface area contributed by atoms with Gasteiger partial charge in [-0.05, 0) is 42.5 Å². The Morgan fingerprint density at radius 2 is 0.842 bits per heavy atom. The largest absolute Gasteiger partial charge is 0.309 e. The monoisotopic (exact) mass is 762 g/mol. The average Bonchev–Trinajstić information content (AvgIpc) is 3.96. The summed E-state index contributed by atoms with van der Waals surface area (Å²) < 4.78 is 7.52. The van der Waals surface area contributed by atoms with Crippen molar-refractivity contribution >= 4 is 84.8 Å². The Bertz CT molecular complexity index is 3410. The molecule has 4 aromatic heterocycles. The van der Waals surface area contributed by atoms with Crippen LogP contribution in [0.2, 0.25) is 0 Å². The first-order valence-electron chi connectivity index (χ1n) is 19.0. The first-order valence-corrected chi connectivity index (χ1v) is 20.7. The second-order valence-electron chi connectivity index (χ2n) is 14.4. The SMILES string of the molecule is c1ccc(-c2nc(-c3ccccc3)nc(-c3ccc4sc5c(-c6cccc7c6sc6cc(-n8c9ccccc9c9ccccc98)ccc67)cccc5c4c3)n2)cc1. The molecule has 57 heavy (non-hydrogen) atoms. The molecule has 12 rings (SSSR count). The van der Waals surface area contributed by atoms with Crippen LogP contribution in [-0.2, 0) is 0 Å². The van der Waals surface area contributed by atoms with Gasteiger partial charge in [-0.15, -0.1) is 22.7 Å². The molecular formula is C51H30N4S2. The van der Waals surface area contributed by atoms with Crippen molar-refractivity contribution in [3.05, 3.63) is 182 Å². The molecule has 0 aliphatic heterocycles. The van der Waals surface area contributed by atoms with Gasteiger partial charge >= 0.3 is 0 Å². The van der Waals surface area contributed by atoms with Crippen LogP contribution in [0.3, 0.4) is 0 Å². The van der Waals surface area contributed by atoms with E-state index in [1.165, 1.54) is 79.0 Å².